The van der Waals surface area contributed by atoms with Crippen LogP contribution < -0.4 is 5.73 Å². The van der Waals surface area contributed by atoms with Gasteiger partial charge in [0.1, 0.15) is 12.1 Å². The van der Waals surface area contributed by atoms with Crippen LogP contribution >= 0.6 is 0 Å². The van der Waals surface area contributed by atoms with Crippen LogP contribution in [0, 0.1) is 5.82 Å². The molecule has 0 aliphatic heterocycles. The molecule has 15 heavy (non-hydrogen) atoms. The first kappa shape index (κ1) is 9.67. The molecule has 2 aromatic heterocycles. The van der Waals surface area contributed by atoms with Crippen LogP contribution in [0.25, 0.3) is 0 Å². The number of nitrogens with zero attached hydrogens (tertiary/aromatic N) is 3. The predicted molar refractivity (Wildman–Crippen MR) is 52.3 cm³/mol. The topological polar surface area (TPSA) is 64.7 Å². The summed E-state index contributed by atoms with van der Waals surface area (Å²) in [6, 6.07) is 0.902. The Balaban J connectivity index is 2.32. The van der Waals surface area contributed by atoms with Gasteiger partial charge in [0.25, 0.3) is 0 Å². The average molecular weight is 204 g/mol. The van der Waals surface area contributed by atoms with Gasteiger partial charge < -0.3 is 5.73 Å². The maximum absolute atomic E-state index is 12.9. The van der Waals surface area contributed by atoms with Crippen molar-refractivity contribution in [1.82, 2.24) is 15.0 Å². The van der Waals surface area contributed by atoms with E-state index in [1.165, 1.54) is 18.6 Å². The zero-order valence-electron chi connectivity index (χ0n) is 7.84. The second-order valence-electron chi connectivity index (χ2n) is 3.09. The molecule has 0 amide bonds. The van der Waals surface area contributed by atoms with Crippen molar-refractivity contribution in [1.29, 1.82) is 0 Å². The van der Waals surface area contributed by atoms with Crippen LogP contribution in [0.1, 0.15) is 17.2 Å². The summed E-state index contributed by atoms with van der Waals surface area (Å²) in [5.74, 6) is -0.403. The maximum Gasteiger partial charge on any atom is 0.141 e. The summed E-state index contributed by atoms with van der Waals surface area (Å²) >= 11 is 0. The number of rotatable bonds is 2. The van der Waals surface area contributed by atoms with Crippen molar-refractivity contribution >= 4 is 0 Å². The summed E-state index contributed by atoms with van der Waals surface area (Å²) in [4.78, 5) is 11.4. The Morgan fingerprint density at radius 2 is 1.67 bits per heavy atom. The number of nitrogens with two attached hydrogens (primary N) is 1. The fourth-order valence-electron chi connectivity index (χ4n) is 1.26. The minimum atomic E-state index is -0.450. The molecule has 1 unspecified atom stereocenters. The minimum Gasteiger partial charge on any atom is -0.320 e. The van der Waals surface area contributed by atoms with Gasteiger partial charge in [-0.15, -0.1) is 0 Å². The molecule has 5 heteroatoms. The molecule has 4 nitrogen and oxygen atoms in total. The van der Waals surface area contributed by atoms with Crippen LogP contribution in [-0.4, -0.2) is 15.0 Å². The van der Waals surface area contributed by atoms with E-state index in [9.17, 15) is 4.39 Å². The molecular formula is C10H9FN4. The Morgan fingerprint density at radius 1 is 1.00 bits per heavy atom. The lowest BCUT2D eigenvalue weighted by molar-refractivity contribution is 0.616. The van der Waals surface area contributed by atoms with Crippen LogP contribution in [0.15, 0.2) is 37.2 Å². The molecule has 0 saturated carbocycles. The lowest BCUT2D eigenvalue weighted by atomic mass is 10.0. The Hall–Kier alpha value is -1.88. The average Bonchev–Trinajstić information content (AvgIpc) is 2.29. The molecule has 2 aromatic rings. The van der Waals surface area contributed by atoms with Crippen molar-refractivity contribution < 1.29 is 4.39 Å². The molecule has 0 aliphatic rings. The zero-order chi connectivity index (χ0) is 10.7. The number of hydrogen-bond donors (Lipinski definition) is 1. The zero-order valence-corrected chi connectivity index (χ0v) is 7.84. The van der Waals surface area contributed by atoms with E-state index in [0.29, 0.717) is 5.56 Å². The number of halogens is 1. The third-order valence-electron chi connectivity index (χ3n) is 2.02. The third kappa shape index (κ3) is 2.13. The molecule has 2 heterocycles. The van der Waals surface area contributed by atoms with E-state index in [-0.39, 0.29) is 0 Å². The van der Waals surface area contributed by atoms with Gasteiger partial charge >= 0.3 is 0 Å². The molecule has 0 radical (unpaired) electrons. The molecule has 2 N–H and O–H groups in total. The molecule has 0 aromatic carbocycles. The molecule has 2 rings (SSSR count). The summed E-state index contributed by atoms with van der Waals surface area (Å²) in [5.41, 5.74) is 7.23. The first-order valence-electron chi connectivity index (χ1n) is 4.38. The molecule has 76 valence electrons. The third-order valence-corrected chi connectivity index (χ3v) is 2.02. The van der Waals surface area contributed by atoms with E-state index < -0.39 is 11.9 Å². The van der Waals surface area contributed by atoms with Gasteiger partial charge in [0.15, 0.2) is 0 Å². The maximum atomic E-state index is 12.9. The van der Waals surface area contributed by atoms with Gasteiger partial charge in [0, 0.05) is 24.2 Å². The van der Waals surface area contributed by atoms with Crippen LogP contribution in [0.2, 0.25) is 0 Å². The van der Waals surface area contributed by atoms with Gasteiger partial charge in [-0.25, -0.2) is 14.4 Å². The van der Waals surface area contributed by atoms with E-state index in [1.807, 2.05) is 0 Å². The minimum absolute atomic E-state index is 0.403. The Kier molecular flexibility index (Phi) is 2.64. The molecule has 1 atom stereocenters. The molecule has 0 saturated heterocycles. The summed E-state index contributed by atoms with van der Waals surface area (Å²) in [5, 5.41) is 0. The highest BCUT2D eigenvalue weighted by Crippen LogP contribution is 2.17. The van der Waals surface area contributed by atoms with E-state index >= 15 is 0 Å². The van der Waals surface area contributed by atoms with Crippen LogP contribution in [0.4, 0.5) is 4.39 Å². The van der Waals surface area contributed by atoms with Crippen molar-refractivity contribution in [3.05, 3.63) is 54.1 Å². The van der Waals surface area contributed by atoms with Gasteiger partial charge in [-0.3, -0.25) is 4.98 Å². The Bertz CT molecular complexity index is 446. The first-order chi connectivity index (χ1) is 7.27. The van der Waals surface area contributed by atoms with Crippen molar-refractivity contribution in [2.45, 2.75) is 6.04 Å². The fraction of sp³-hybridized carbons (Fsp3) is 0.100. The van der Waals surface area contributed by atoms with Gasteiger partial charge in [-0.1, -0.05) is 0 Å². The number of aromatic nitrogens is 3. The van der Waals surface area contributed by atoms with Crippen LogP contribution in [0.3, 0.4) is 0 Å². The van der Waals surface area contributed by atoms with E-state index in [1.54, 1.807) is 12.4 Å². The van der Waals surface area contributed by atoms with E-state index in [4.69, 9.17) is 5.73 Å². The highest BCUT2D eigenvalue weighted by Gasteiger charge is 2.10. The summed E-state index contributed by atoms with van der Waals surface area (Å²) in [6.07, 6.45) is 7.28. The van der Waals surface area contributed by atoms with Gasteiger partial charge in [0.2, 0.25) is 0 Å². The van der Waals surface area contributed by atoms with Crippen LogP contribution in [0.5, 0.6) is 0 Å². The summed E-state index contributed by atoms with van der Waals surface area (Å²) in [6.45, 7) is 0. The quantitative estimate of drug-likeness (QED) is 0.794. The summed E-state index contributed by atoms with van der Waals surface area (Å²) < 4.78 is 12.9. The van der Waals surface area contributed by atoms with Crippen molar-refractivity contribution in [2.75, 3.05) is 0 Å². The monoisotopic (exact) mass is 204 g/mol. The van der Waals surface area contributed by atoms with Gasteiger partial charge in [0.05, 0.1) is 12.2 Å². The first-order valence-corrected chi connectivity index (χ1v) is 4.38. The smallest absolute Gasteiger partial charge is 0.141 e. The number of hydrogen-bond acceptors (Lipinski definition) is 4. The summed E-state index contributed by atoms with van der Waals surface area (Å²) in [7, 11) is 0. The lowest BCUT2D eigenvalue weighted by Gasteiger charge is -2.10. The Labute approximate surface area is 86.0 Å². The second-order valence-corrected chi connectivity index (χ2v) is 3.09. The normalized spacial score (nSPS) is 12.4. The molecule has 0 spiro atoms. The van der Waals surface area contributed by atoms with Gasteiger partial charge in [-0.05, 0) is 11.6 Å². The second kappa shape index (κ2) is 4.10. The standard InChI is InChI=1S/C10H9FN4/c11-9-1-7(2-13-5-9)10(12)8-3-14-6-15-4-8/h1-6,10H,12H2. The molecule has 0 bridgehead atoms. The highest BCUT2D eigenvalue weighted by molar-refractivity contribution is 5.25. The Morgan fingerprint density at radius 3 is 2.33 bits per heavy atom. The van der Waals surface area contributed by atoms with Crippen LogP contribution in [-0.2, 0) is 0 Å². The van der Waals surface area contributed by atoms with Crippen molar-refractivity contribution in [2.24, 2.45) is 5.73 Å². The lowest BCUT2D eigenvalue weighted by Crippen LogP contribution is -2.12. The van der Waals surface area contributed by atoms with E-state index in [0.717, 1.165) is 11.8 Å². The molecular weight excluding hydrogens is 195 g/mol. The van der Waals surface area contributed by atoms with Gasteiger partial charge in [-0.2, -0.15) is 0 Å². The fourth-order valence-corrected chi connectivity index (χ4v) is 1.26. The molecule has 0 fully saturated rings. The SMILES string of the molecule is NC(c1cncnc1)c1cncc(F)c1. The molecule has 0 aliphatic carbocycles. The van der Waals surface area contributed by atoms with Crippen molar-refractivity contribution in [3.8, 4) is 0 Å². The largest absolute Gasteiger partial charge is 0.320 e. The van der Waals surface area contributed by atoms with Crippen molar-refractivity contribution in [3.63, 3.8) is 0 Å². The van der Waals surface area contributed by atoms with E-state index in [2.05, 4.69) is 15.0 Å². The predicted octanol–water partition coefficient (Wildman–Crippen LogP) is 1.06. The highest BCUT2D eigenvalue weighted by atomic mass is 19.1. The number of pyridine rings is 1.